The molecular formula is C11H17F3N2O. The summed E-state index contributed by atoms with van der Waals surface area (Å²) in [6, 6.07) is -0.287. The molecule has 1 saturated heterocycles. The monoisotopic (exact) mass is 250 g/mol. The number of nitrogens with one attached hydrogen (secondary N) is 1. The first-order valence-corrected chi connectivity index (χ1v) is 5.96. The average molecular weight is 250 g/mol. The Kier molecular flexibility index (Phi) is 3.34. The van der Waals surface area contributed by atoms with Gasteiger partial charge in [0, 0.05) is 19.1 Å². The molecule has 17 heavy (non-hydrogen) atoms. The molecule has 0 spiro atoms. The molecule has 3 nitrogen and oxygen atoms in total. The van der Waals surface area contributed by atoms with Gasteiger partial charge < -0.3 is 10.2 Å². The summed E-state index contributed by atoms with van der Waals surface area (Å²) >= 11 is 0. The van der Waals surface area contributed by atoms with Crippen molar-refractivity contribution >= 4 is 5.91 Å². The van der Waals surface area contributed by atoms with Crippen LogP contribution in [0.1, 0.15) is 19.8 Å². The first-order chi connectivity index (χ1) is 7.88. The average Bonchev–Trinajstić information content (AvgIpc) is 2.91. The number of carbonyl (C=O) groups is 1. The van der Waals surface area contributed by atoms with Crippen molar-refractivity contribution in [1.82, 2.24) is 10.2 Å². The van der Waals surface area contributed by atoms with Gasteiger partial charge in [0.05, 0.1) is 5.92 Å². The number of halogens is 3. The minimum absolute atomic E-state index is 0.259. The Labute approximate surface area is 98.3 Å². The zero-order chi connectivity index (χ0) is 12.6. The molecule has 0 aromatic rings. The quantitative estimate of drug-likeness (QED) is 0.818. The van der Waals surface area contributed by atoms with Crippen LogP contribution in [0.2, 0.25) is 0 Å². The second kappa shape index (κ2) is 4.48. The molecule has 1 aliphatic carbocycles. The predicted molar refractivity (Wildman–Crippen MR) is 56.3 cm³/mol. The summed E-state index contributed by atoms with van der Waals surface area (Å²) in [5.74, 6) is -0.353. The van der Waals surface area contributed by atoms with Gasteiger partial charge in [-0.1, -0.05) is 0 Å². The first-order valence-electron chi connectivity index (χ1n) is 5.96. The molecule has 2 rings (SSSR count). The molecule has 1 aliphatic heterocycles. The minimum atomic E-state index is -4.31. The van der Waals surface area contributed by atoms with Gasteiger partial charge in [0.15, 0.2) is 0 Å². The van der Waals surface area contributed by atoms with Crippen LogP contribution in [0.3, 0.4) is 0 Å². The molecule has 1 unspecified atom stereocenters. The highest BCUT2D eigenvalue weighted by molar-refractivity contribution is 5.80. The summed E-state index contributed by atoms with van der Waals surface area (Å²) < 4.78 is 37.5. The predicted octanol–water partition coefficient (Wildman–Crippen LogP) is 1.40. The molecule has 1 amide bonds. The summed E-state index contributed by atoms with van der Waals surface area (Å²) in [7, 11) is 0. The molecule has 0 aromatic heterocycles. The normalized spacial score (nSPS) is 23.1. The van der Waals surface area contributed by atoms with Crippen molar-refractivity contribution in [2.75, 3.05) is 19.6 Å². The Bertz CT molecular complexity index is 298. The van der Waals surface area contributed by atoms with E-state index in [4.69, 9.17) is 0 Å². The third-order valence-corrected chi connectivity index (χ3v) is 3.56. The topological polar surface area (TPSA) is 32.3 Å². The van der Waals surface area contributed by atoms with E-state index in [0.29, 0.717) is 13.1 Å². The summed E-state index contributed by atoms with van der Waals surface area (Å²) in [4.78, 5) is 13.0. The van der Waals surface area contributed by atoms with Crippen molar-refractivity contribution in [3.63, 3.8) is 0 Å². The molecule has 0 radical (unpaired) electrons. The highest BCUT2D eigenvalue weighted by Gasteiger charge is 2.42. The molecule has 0 aromatic carbocycles. The molecule has 1 N–H and O–H groups in total. The second-order valence-corrected chi connectivity index (χ2v) is 5.01. The van der Waals surface area contributed by atoms with E-state index >= 15 is 0 Å². The molecule has 0 bridgehead atoms. The zero-order valence-electron chi connectivity index (χ0n) is 9.76. The van der Waals surface area contributed by atoms with Gasteiger partial charge >= 0.3 is 6.18 Å². The standard InChI is InChI=1S/C11H17F3N2O/c1-7(8-2-3-8)16(6-11(12,13)14)10(17)9-4-15-5-9/h7-9,15H,2-6H2,1H3. The van der Waals surface area contributed by atoms with Crippen molar-refractivity contribution in [1.29, 1.82) is 0 Å². The van der Waals surface area contributed by atoms with Gasteiger partial charge in [-0.25, -0.2) is 0 Å². The molecule has 2 fully saturated rings. The lowest BCUT2D eigenvalue weighted by Crippen LogP contribution is -2.56. The third-order valence-electron chi connectivity index (χ3n) is 3.56. The first kappa shape index (κ1) is 12.7. The maximum Gasteiger partial charge on any atom is 0.406 e. The SMILES string of the molecule is CC(C1CC1)N(CC(F)(F)F)C(=O)C1CNC1. The highest BCUT2D eigenvalue weighted by atomic mass is 19.4. The van der Waals surface area contributed by atoms with E-state index in [-0.39, 0.29) is 23.8 Å². The summed E-state index contributed by atoms with van der Waals surface area (Å²) in [6.07, 6.45) is -2.44. The van der Waals surface area contributed by atoms with Gasteiger partial charge in [-0.3, -0.25) is 4.79 Å². The number of amides is 1. The summed E-state index contributed by atoms with van der Waals surface area (Å²) in [6.45, 7) is 1.63. The van der Waals surface area contributed by atoms with Crippen molar-refractivity contribution in [2.45, 2.75) is 32.0 Å². The van der Waals surface area contributed by atoms with Crippen molar-refractivity contribution in [2.24, 2.45) is 11.8 Å². The van der Waals surface area contributed by atoms with Gasteiger partial charge in [0.1, 0.15) is 6.54 Å². The number of hydrogen-bond donors (Lipinski definition) is 1. The maximum absolute atomic E-state index is 12.5. The molecule has 98 valence electrons. The van der Waals surface area contributed by atoms with Crippen LogP contribution < -0.4 is 5.32 Å². The smallest absolute Gasteiger partial charge is 0.330 e. The molecule has 2 aliphatic rings. The van der Waals surface area contributed by atoms with E-state index in [1.54, 1.807) is 6.92 Å². The van der Waals surface area contributed by atoms with E-state index in [0.717, 1.165) is 17.7 Å². The van der Waals surface area contributed by atoms with E-state index in [9.17, 15) is 18.0 Å². The van der Waals surface area contributed by atoms with Crippen LogP contribution in [-0.2, 0) is 4.79 Å². The third kappa shape index (κ3) is 3.12. The van der Waals surface area contributed by atoms with Crippen LogP contribution in [0.4, 0.5) is 13.2 Å². The van der Waals surface area contributed by atoms with Gasteiger partial charge in [-0.05, 0) is 25.7 Å². The van der Waals surface area contributed by atoms with Crippen LogP contribution in [0.5, 0.6) is 0 Å². The van der Waals surface area contributed by atoms with Crippen LogP contribution >= 0.6 is 0 Å². The van der Waals surface area contributed by atoms with Crippen molar-refractivity contribution < 1.29 is 18.0 Å². The summed E-state index contributed by atoms with van der Waals surface area (Å²) in [5.41, 5.74) is 0. The minimum Gasteiger partial charge on any atom is -0.330 e. The van der Waals surface area contributed by atoms with Crippen LogP contribution in [-0.4, -0.2) is 42.7 Å². The lowest BCUT2D eigenvalue weighted by molar-refractivity contribution is -0.169. The van der Waals surface area contributed by atoms with Gasteiger partial charge in [0.2, 0.25) is 5.91 Å². The largest absolute Gasteiger partial charge is 0.406 e. The fraction of sp³-hybridized carbons (Fsp3) is 0.909. The summed E-state index contributed by atoms with van der Waals surface area (Å²) in [5, 5.41) is 2.91. The molecule has 6 heteroatoms. The number of nitrogens with zero attached hydrogens (tertiary/aromatic N) is 1. The van der Waals surface area contributed by atoms with Gasteiger partial charge in [-0.2, -0.15) is 13.2 Å². The van der Waals surface area contributed by atoms with E-state index < -0.39 is 12.7 Å². The van der Waals surface area contributed by atoms with Crippen molar-refractivity contribution in [3.05, 3.63) is 0 Å². The molecular weight excluding hydrogens is 233 g/mol. The van der Waals surface area contributed by atoms with E-state index in [1.807, 2.05) is 0 Å². The number of carbonyl (C=O) groups excluding carboxylic acids is 1. The van der Waals surface area contributed by atoms with Gasteiger partial charge in [-0.15, -0.1) is 0 Å². The fourth-order valence-corrected chi connectivity index (χ4v) is 2.15. The zero-order valence-corrected chi connectivity index (χ0v) is 9.76. The number of alkyl halides is 3. The molecule has 1 heterocycles. The molecule has 1 atom stereocenters. The van der Waals surface area contributed by atoms with E-state index in [2.05, 4.69) is 5.32 Å². The Morgan fingerprint density at radius 3 is 2.35 bits per heavy atom. The van der Waals surface area contributed by atoms with Crippen LogP contribution in [0.15, 0.2) is 0 Å². The fourth-order valence-electron chi connectivity index (χ4n) is 2.15. The van der Waals surface area contributed by atoms with E-state index in [1.165, 1.54) is 0 Å². The lowest BCUT2D eigenvalue weighted by atomic mass is 10.00. The number of hydrogen-bond acceptors (Lipinski definition) is 2. The lowest BCUT2D eigenvalue weighted by Gasteiger charge is -2.36. The van der Waals surface area contributed by atoms with Crippen LogP contribution in [0.25, 0.3) is 0 Å². The molecule has 1 saturated carbocycles. The Morgan fingerprint density at radius 1 is 1.41 bits per heavy atom. The number of rotatable bonds is 4. The highest BCUT2D eigenvalue weighted by Crippen LogP contribution is 2.36. The Hall–Kier alpha value is -0.780. The Morgan fingerprint density at radius 2 is 2.00 bits per heavy atom. The van der Waals surface area contributed by atoms with Gasteiger partial charge in [0.25, 0.3) is 0 Å². The second-order valence-electron chi connectivity index (χ2n) is 5.01. The van der Waals surface area contributed by atoms with Crippen LogP contribution in [0, 0.1) is 11.8 Å². The Balaban J connectivity index is 2.02. The maximum atomic E-state index is 12.5. The van der Waals surface area contributed by atoms with Crippen molar-refractivity contribution in [3.8, 4) is 0 Å².